The third kappa shape index (κ3) is 4.67. The van der Waals surface area contributed by atoms with Crippen molar-refractivity contribution in [3.8, 4) is 16.9 Å². The highest BCUT2D eigenvalue weighted by atomic mass is 32.2. The van der Waals surface area contributed by atoms with Crippen molar-refractivity contribution in [2.24, 2.45) is 0 Å². The molecule has 2 aromatic carbocycles. The van der Waals surface area contributed by atoms with E-state index < -0.39 is 17.5 Å². The van der Waals surface area contributed by atoms with E-state index in [2.05, 4.69) is 0 Å². The highest BCUT2D eigenvalue weighted by Crippen LogP contribution is 2.29. The van der Waals surface area contributed by atoms with Crippen molar-refractivity contribution in [3.05, 3.63) is 54.6 Å². The minimum atomic E-state index is -2.27. The molecule has 5 heteroatoms. The first-order valence-electron chi connectivity index (χ1n) is 6.76. The molecule has 0 amide bonds. The van der Waals surface area contributed by atoms with Crippen LogP contribution < -0.4 is 4.74 Å². The lowest BCUT2D eigenvalue weighted by molar-refractivity contribution is 0.129. The fraction of sp³-hybridized carbons (Fsp3) is 0.250. The zero-order chi connectivity index (χ0) is 15.1. The average Bonchev–Trinajstić information content (AvgIpc) is 2.52. The maximum atomic E-state index is 10.7. The lowest BCUT2D eigenvalue weighted by Crippen LogP contribution is -2.22. The Labute approximate surface area is 127 Å². The van der Waals surface area contributed by atoms with Gasteiger partial charge < -0.3 is 4.74 Å². The molecule has 2 unspecified atom stereocenters. The number of para-hydroxylation sites is 1. The van der Waals surface area contributed by atoms with E-state index in [0.29, 0.717) is 6.42 Å². The van der Waals surface area contributed by atoms with Gasteiger partial charge in [-0.1, -0.05) is 55.5 Å². The molecule has 112 valence electrons. The maximum Gasteiger partial charge on any atom is 0.302 e. The van der Waals surface area contributed by atoms with Crippen LogP contribution in [0.1, 0.15) is 13.3 Å². The van der Waals surface area contributed by atoms with Gasteiger partial charge in [-0.2, -0.15) is 4.21 Å². The Balaban J connectivity index is 2.12. The number of ether oxygens (including phenoxy) is 1. The summed E-state index contributed by atoms with van der Waals surface area (Å²) in [7, 11) is 0. The Morgan fingerprint density at radius 2 is 1.76 bits per heavy atom. The van der Waals surface area contributed by atoms with Gasteiger partial charge in [-0.25, -0.2) is 0 Å². The Morgan fingerprint density at radius 1 is 1.10 bits per heavy atom. The van der Waals surface area contributed by atoms with Gasteiger partial charge in [-0.3, -0.25) is 8.74 Å². The van der Waals surface area contributed by atoms with Gasteiger partial charge in [0.1, 0.15) is 18.5 Å². The van der Waals surface area contributed by atoms with Crippen LogP contribution in [0.4, 0.5) is 0 Å². The Hall–Kier alpha value is -1.69. The van der Waals surface area contributed by atoms with Gasteiger partial charge >= 0.3 is 11.4 Å². The van der Waals surface area contributed by atoms with E-state index >= 15 is 0 Å². The Kier molecular flexibility index (Phi) is 5.92. The van der Waals surface area contributed by atoms with E-state index in [-0.39, 0.29) is 6.61 Å². The summed E-state index contributed by atoms with van der Waals surface area (Å²) in [6.07, 6.45) is 0.180. The molecule has 4 nitrogen and oxygen atoms in total. The van der Waals surface area contributed by atoms with Gasteiger partial charge in [-0.05, 0) is 18.1 Å². The van der Waals surface area contributed by atoms with Crippen LogP contribution in [0.2, 0.25) is 0 Å². The Bertz CT molecular complexity index is 586. The van der Waals surface area contributed by atoms with E-state index in [9.17, 15) is 4.21 Å². The summed E-state index contributed by atoms with van der Waals surface area (Å²) in [4.78, 5) is 0. The largest absolute Gasteiger partial charge is 0.490 e. The topological polar surface area (TPSA) is 55.8 Å². The molecule has 0 saturated carbocycles. The molecule has 0 aliphatic heterocycles. The second-order valence-electron chi connectivity index (χ2n) is 4.52. The average molecular weight is 306 g/mol. The summed E-state index contributed by atoms with van der Waals surface area (Å²) in [5, 5.41) is 0. The predicted octanol–water partition coefficient (Wildman–Crippen LogP) is 3.66. The van der Waals surface area contributed by atoms with Crippen LogP contribution in [0, 0.1) is 0 Å². The molecule has 0 aliphatic carbocycles. The van der Waals surface area contributed by atoms with Crippen molar-refractivity contribution in [2.75, 3.05) is 6.61 Å². The maximum absolute atomic E-state index is 10.7. The molecule has 0 aromatic heterocycles. The summed E-state index contributed by atoms with van der Waals surface area (Å²) in [5.74, 6) is 0.731. The lowest BCUT2D eigenvalue weighted by atomic mass is 10.1. The van der Waals surface area contributed by atoms with Crippen molar-refractivity contribution < 1.29 is 17.7 Å². The van der Waals surface area contributed by atoms with Crippen LogP contribution in [-0.2, 0) is 15.5 Å². The number of hydrogen-bond acceptors (Lipinski definition) is 3. The normalized spacial score (nSPS) is 13.6. The van der Waals surface area contributed by atoms with Gasteiger partial charge in [0.15, 0.2) is 0 Å². The highest BCUT2D eigenvalue weighted by Gasteiger charge is 2.13. The predicted molar refractivity (Wildman–Crippen MR) is 83.3 cm³/mol. The van der Waals surface area contributed by atoms with E-state index in [0.717, 1.165) is 16.9 Å². The first-order valence-corrected chi connectivity index (χ1v) is 7.79. The van der Waals surface area contributed by atoms with Gasteiger partial charge in [-0.15, -0.1) is 0 Å². The highest BCUT2D eigenvalue weighted by molar-refractivity contribution is 7.74. The second-order valence-corrected chi connectivity index (χ2v) is 5.14. The van der Waals surface area contributed by atoms with E-state index in [1.807, 2.05) is 61.5 Å². The third-order valence-corrected chi connectivity index (χ3v) is 3.51. The molecule has 0 bridgehead atoms. The minimum absolute atomic E-state index is 0.229. The molecule has 0 saturated heterocycles. The molecule has 0 aliphatic rings. The van der Waals surface area contributed by atoms with Crippen molar-refractivity contribution >= 4 is 11.4 Å². The zero-order valence-corrected chi connectivity index (χ0v) is 12.6. The summed E-state index contributed by atoms with van der Waals surface area (Å²) < 4.78 is 30.1. The molecule has 2 rings (SSSR count). The van der Waals surface area contributed by atoms with Crippen LogP contribution in [-0.4, -0.2) is 21.5 Å². The molecular formula is C16H18O4S. The molecule has 0 heterocycles. The fourth-order valence-electron chi connectivity index (χ4n) is 1.96. The smallest absolute Gasteiger partial charge is 0.302 e. The standard InChI is InChI=1S/C16H18O4S/c1-2-14(20-21(17)18)12-19-16-11-7-6-10-15(16)13-8-4-3-5-9-13/h3-11,14H,2,12H2,1H3,(H,17,18). The molecule has 0 fully saturated rings. The molecule has 2 atom stereocenters. The number of hydrogen-bond donors (Lipinski definition) is 1. The van der Waals surface area contributed by atoms with Gasteiger partial charge in [0.25, 0.3) is 0 Å². The molecule has 0 spiro atoms. The van der Waals surface area contributed by atoms with E-state index in [1.165, 1.54) is 0 Å². The molecule has 2 aromatic rings. The molecular weight excluding hydrogens is 288 g/mol. The molecule has 21 heavy (non-hydrogen) atoms. The van der Waals surface area contributed by atoms with Crippen molar-refractivity contribution in [1.29, 1.82) is 0 Å². The van der Waals surface area contributed by atoms with Gasteiger partial charge in [0.2, 0.25) is 0 Å². The number of benzene rings is 2. The lowest BCUT2D eigenvalue weighted by Gasteiger charge is -2.16. The van der Waals surface area contributed by atoms with E-state index in [1.54, 1.807) is 0 Å². The van der Waals surface area contributed by atoms with Crippen molar-refractivity contribution in [2.45, 2.75) is 19.4 Å². The van der Waals surface area contributed by atoms with Crippen LogP contribution >= 0.6 is 0 Å². The third-order valence-electron chi connectivity index (χ3n) is 3.07. The monoisotopic (exact) mass is 306 g/mol. The summed E-state index contributed by atoms with van der Waals surface area (Å²) in [6.45, 7) is 2.11. The Morgan fingerprint density at radius 3 is 2.43 bits per heavy atom. The summed E-state index contributed by atoms with van der Waals surface area (Å²) >= 11 is -2.27. The van der Waals surface area contributed by atoms with Crippen LogP contribution in [0.3, 0.4) is 0 Å². The van der Waals surface area contributed by atoms with Gasteiger partial charge in [0.05, 0.1) is 0 Å². The second kappa shape index (κ2) is 7.93. The van der Waals surface area contributed by atoms with Gasteiger partial charge in [0, 0.05) is 5.56 Å². The first kappa shape index (κ1) is 15.7. The zero-order valence-electron chi connectivity index (χ0n) is 11.8. The first-order chi connectivity index (χ1) is 10.2. The van der Waals surface area contributed by atoms with Crippen LogP contribution in [0.5, 0.6) is 5.75 Å². The van der Waals surface area contributed by atoms with Crippen LogP contribution in [0.25, 0.3) is 11.1 Å². The van der Waals surface area contributed by atoms with Crippen molar-refractivity contribution in [3.63, 3.8) is 0 Å². The SMILES string of the molecule is CCC(COc1ccccc1-c1ccccc1)OS(=O)O. The van der Waals surface area contributed by atoms with E-state index in [4.69, 9.17) is 13.5 Å². The fourth-order valence-corrected chi connectivity index (χ4v) is 2.39. The van der Waals surface area contributed by atoms with Crippen molar-refractivity contribution in [1.82, 2.24) is 0 Å². The molecule has 1 N–H and O–H groups in total. The quantitative estimate of drug-likeness (QED) is 0.793. The van der Waals surface area contributed by atoms with Crippen LogP contribution in [0.15, 0.2) is 54.6 Å². The summed E-state index contributed by atoms with van der Waals surface area (Å²) in [6, 6.07) is 17.6. The number of rotatable bonds is 7. The summed E-state index contributed by atoms with van der Waals surface area (Å²) in [5.41, 5.74) is 2.05. The minimum Gasteiger partial charge on any atom is -0.490 e. The molecule has 0 radical (unpaired) electrons.